The number of ketones is 1. The van der Waals surface area contributed by atoms with Crippen LogP contribution in [0.4, 0.5) is 0 Å². The fourth-order valence-electron chi connectivity index (χ4n) is 3.60. The van der Waals surface area contributed by atoms with Gasteiger partial charge in [-0.3, -0.25) is 14.6 Å². The van der Waals surface area contributed by atoms with Crippen LogP contribution >= 0.6 is 11.3 Å². The topological polar surface area (TPSA) is 83.4 Å². The van der Waals surface area contributed by atoms with E-state index in [2.05, 4.69) is 9.97 Å². The number of rotatable bonds is 6. The minimum absolute atomic E-state index is 0.0767. The summed E-state index contributed by atoms with van der Waals surface area (Å²) in [6.07, 6.45) is 6.95. The van der Waals surface area contributed by atoms with Crippen LogP contribution < -0.4 is 0 Å². The summed E-state index contributed by atoms with van der Waals surface area (Å²) in [5.74, 6) is -1.46. The van der Waals surface area contributed by atoms with E-state index in [0.29, 0.717) is 10.6 Å². The van der Waals surface area contributed by atoms with Gasteiger partial charge in [0.2, 0.25) is 5.78 Å². The summed E-state index contributed by atoms with van der Waals surface area (Å²) < 4.78 is 0. The molecule has 7 heteroatoms. The summed E-state index contributed by atoms with van der Waals surface area (Å²) in [5, 5.41) is 11.5. The molecule has 1 unspecified atom stereocenters. The Morgan fingerprint density at radius 1 is 1.19 bits per heavy atom. The molecule has 6 nitrogen and oxygen atoms in total. The highest BCUT2D eigenvalue weighted by molar-refractivity contribution is 7.14. The average molecular weight is 432 g/mol. The molecule has 1 aromatic carbocycles. The summed E-state index contributed by atoms with van der Waals surface area (Å²) in [6, 6.07) is 12.5. The number of aliphatic hydroxyl groups is 1. The number of amides is 1. The van der Waals surface area contributed by atoms with Crippen molar-refractivity contribution in [3.05, 3.63) is 99.0 Å². The van der Waals surface area contributed by atoms with Gasteiger partial charge in [-0.15, -0.1) is 11.3 Å². The lowest BCUT2D eigenvalue weighted by Gasteiger charge is -2.24. The highest BCUT2D eigenvalue weighted by Crippen LogP contribution is 2.32. The van der Waals surface area contributed by atoms with Crippen LogP contribution in [0.15, 0.2) is 72.3 Å². The fraction of sp³-hybridized carbons (Fsp3) is 0.167. The normalized spacial score (nSPS) is 16.5. The van der Waals surface area contributed by atoms with E-state index in [4.69, 9.17) is 0 Å². The van der Waals surface area contributed by atoms with Crippen LogP contribution in [-0.2, 0) is 11.3 Å². The molecule has 1 atom stereocenters. The van der Waals surface area contributed by atoms with Gasteiger partial charge >= 0.3 is 0 Å². The number of hydrogen-bond acceptors (Lipinski definition) is 6. The Balaban J connectivity index is 1.75. The maximum absolute atomic E-state index is 13.4. The molecule has 0 fully saturated rings. The minimum Gasteiger partial charge on any atom is -0.503 e. The van der Waals surface area contributed by atoms with E-state index in [1.54, 1.807) is 31.5 Å². The van der Waals surface area contributed by atoms with Gasteiger partial charge in [-0.1, -0.05) is 48.6 Å². The molecule has 4 rings (SSSR count). The number of pyridine rings is 1. The number of aryl methyl sites for hydroxylation is 2. The highest BCUT2D eigenvalue weighted by Gasteiger charge is 2.42. The lowest BCUT2D eigenvalue weighted by Crippen LogP contribution is -2.35. The van der Waals surface area contributed by atoms with Gasteiger partial charge in [0.25, 0.3) is 5.91 Å². The first kappa shape index (κ1) is 20.7. The van der Waals surface area contributed by atoms with E-state index in [1.165, 1.54) is 16.2 Å². The van der Waals surface area contributed by atoms with Crippen molar-refractivity contribution in [2.45, 2.75) is 26.4 Å². The van der Waals surface area contributed by atoms with Crippen LogP contribution in [-0.4, -0.2) is 37.7 Å². The van der Waals surface area contributed by atoms with Gasteiger partial charge in [-0.25, -0.2) is 4.98 Å². The second-order valence-electron chi connectivity index (χ2n) is 7.25. The number of nitrogens with zero attached hydrogens (tertiary/aromatic N) is 3. The van der Waals surface area contributed by atoms with E-state index in [0.717, 1.165) is 16.1 Å². The van der Waals surface area contributed by atoms with Crippen LogP contribution in [0.25, 0.3) is 6.08 Å². The zero-order chi connectivity index (χ0) is 22.0. The molecular formula is C24H21N3O3S. The highest BCUT2D eigenvalue weighted by atomic mass is 32.1. The van der Waals surface area contributed by atoms with Crippen molar-refractivity contribution < 1.29 is 14.7 Å². The quantitative estimate of drug-likeness (QED) is 0.589. The third-order valence-electron chi connectivity index (χ3n) is 5.05. The van der Waals surface area contributed by atoms with Crippen LogP contribution in [0.2, 0.25) is 0 Å². The van der Waals surface area contributed by atoms with Crippen LogP contribution in [0, 0.1) is 13.8 Å². The van der Waals surface area contributed by atoms with E-state index >= 15 is 0 Å². The van der Waals surface area contributed by atoms with E-state index in [-0.39, 0.29) is 17.9 Å². The first-order valence-corrected chi connectivity index (χ1v) is 10.6. The standard InChI is InChI=1S/C24H21N3O3S/c1-15-23(31-16(2)26-15)21(28)20-19(11-10-17-7-4-3-5-8-17)27(24(30)22(20)29)14-18-9-6-12-25-13-18/h3-13,19,29H,14H2,1-2H3. The molecule has 1 amide bonds. The summed E-state index contributed by atoms with van der Waals surface area (Å²) in [6.45, 7) is 3.80. The van der Waals surface area contributed by atoms with Crippen molar-refractivity contribution in [2.75, 3.05) is 0 Å². The van der Waals surface area contributed by atoms with Gasteiger partial charge in [0, 0.05) is 18.9 Å². The molecule has 0 saturated heterocycles. The lowest BCUT2D eigenvalue weighted by atomic mass is 10.00. The predicted octanol–water partition coefficient (Wildman–Crippen LogP) is 4.27. The van der Waals surface area contributed by atoms with Gasteiger partial charge in [-0.05, 0) is 31.0 Å². The van der Waals surface area contributed by atoms with Crippen molar-refractivity contribution in [3.63, 3.8) is 0 Å². The molecular weight excluding hydrogens is 410 g/mol. The number of thiazole rings is 1. The predicted molar refractivity (Wildman–Crippen MR) is 120 cm³/mol. The SMILES string of the molecule is Cc1nc(C)c(C(=O)C2=C(O)C(=O)N(Cc3cccnc3)C2C=Cc2ccccc2)s1. The van der Waals surface area contributed by atoms with Gasteiger partial charge < -0.3 is 10.0 Å². The Morgan fingerprint density at radius 3 is 2.61 bits per heavy atom. The third-order valence-corrected chi connectivity index (χ3v) is 6.12. The second kappa shape index (κ2) is 8.65. The smallest absolute Gasteiger partial charge is 0.290 e. The first-order chi connectivity index (χ1) is 15.0. The Kier molecular flexibility index (Phi) is 5.77. The van der Waals surface area contributed by atoms with Gasteiger partial charge in [0.1, 0.15) is 0 Å². The Morgan fingerprint density at radius 2 is 1.97 bits per heavy atom. The first-order valence-electron chi connectivity index (χ1n) is 9.80. The second-order valence-corrected chi connectivity index (χ2v) is 8.45. The van der Waals surface area contributed by atoms with E-state index in [1.807, 2.05) is 49.4 Å². The monoisotopic (exact) mass is 431 g/mol. The average Bonchev–Trinajstić information content (AvgIpc) is 3.24. The molecule has 0 spiro atoms. The molecule has 31 heavy (non-hydrogen) atoms. The molecule has 0 saturated carbocycles. The zero-order valence-corrected chi connectivity index (χ0v) is 18.0. The van der Waals surface area contributed by atoms with E-state index in [9.17, 15) is 14.7 Å². The molecule has 1 aliphatic heterocycles. The number of aromatic nitrogens is 2. The van der Waals surface area contributed by atoms with Crippen LogP contribution in [0.3, 0.4) is 0 Å². The van der Waals surface area contributed by atoms with E-state index < -0.39 is 17.7 Å². The van der Waals surface area contributed by atoms with Crippen molar-refractivity contribution >= 4 is 29.1 Å². The number of carbonyl (C=O) groups is 2. The molecule has 0 aliphatic carbocycles. The maximum atomic E-state index is 13.4. The molecule has 1 N–H and O–H groups in total. The Labute approximate surface area is 184 Å². The summed E-state index contributed by atoms with van der Waals surface area (Å²) in [4.78, 5) is 36.7. The van der Waals surface area contributed by atoms with Crippen LogP contribution in [0.1, 0.15) is 31.5 Å². The van der Waals surface area contributed by atoms with Crippen LogP contribution in [0.5, 0.6) is 0 Å². The number of benzene rings is 1. The number of aliphatic hydroxyl groups excluding tert-OH is 1. The molecule has 0 radical (unpaired) electrons. The number of Topliss-reactive ketones (excluding diaryl/α,β-unsaturated/α-hetero) is 1. The molecule has 3 heterocycles. The third kappa shape index (κ3) is 4.18. The Hall–Kier alpha value is -3.58. The fourth-order valence-corrected chi connectivity index (χ4v) is 4.48. The summed E-state index contributed by atoms with van der Waals surface area (Å²) in [7, 11) is 0. The minimum atomic E-state index is -0.706. The maximum Gasteiger partial charge on any atom is 0.290 e. The van der Waals surface area contributed by atoms with Gasteiger partial charge in [0.15, 0.2) is 5.76 Å². The largest absolute Gasteiger partial charge is 0.503 e. The molecule has 156 valence electrons. The Bertz CT molecular complexity index is 1180. The van der Waals surface area contributed by atoms with Crippen molar-refractivity contribution in [1.29, 1.82) is 0 Å². The number of carbonyl (C=O) groups excluding carboxylic acids is 2. The number of hydrogen-bond donors (Lipinski definition) is 1. The molecule has 0 bridgehead atoms. The van der Waals surface area contributed by atoms with Gasteiger partial charge in [0.05, 0.1) is 27.2 Å². The van der Waals surface area contributed by atoms with Crippen molar-refractivity contribution in [2.24, 2.45) is 0 Å². The van der Waals surface area contributed by atoms with Gasteiger partial charge in [-0.2, -0.15) is 0 Å². The zero-order valence-electron chi connectivity index (χ0n) is 17.1. The summed E-state index contributed by atoms with van der Waals surface area (Å²) in [5.41, 5.74) is 2.41. The molecule has 2 aromatic heterocycles. The van der Waals surface area contributed by atoms with Crippen molar-refractivity contribution in [1.82, 2.24) is 14.9 Å². The van der Waals surface area contributed by atoms with Crippen molar-refractivity contribution in [3.8, 4) is 0 Å². The summed E-state index contributed by atoms with van der Waals surface area (Å²) >= 11 is 1.26. The lowest BCUT2D eigenvalue weighted by molar-refractivity contribution is -0.129. The molecule has 1 aliphatic rings. The molecule has 3 aromatic rings.